The fraction of sp³-hybridized carbons (Fsp3) is 1.00. The average molecular weight is 251 g/mol. The van der Waals surface area contributed by atoms with Gasteiger partial charge in [0.1, 0.15) is 0 Å². The first-order valence-electron chi connectivity index (χ1n) is 0.956. The Labute approximate surface area is 80.2 Å². The molecule has 0 aromatic carbocycles. The van der Waals surface area contributed by atoms with Crippen LogP contribution in [0.3, 0.4) is 0 Å². The number of hydrogen-bond donors (Lipinski definition) is 0. The van der Waals surface area contributed by atoms with Gasteiger partial charge in [0.05, 0.1) is 7.11 Å². The normalized spacial score (nSPS) is 2.75. The summed E-state index contributed by atoms with van der Waals surface area (Å²) in [5, 5.41) is 8.08. The maximum Gasteiger partial charge on any atom is 0.294 e. The summed E-state index contributed by atoms with van der Waals surface area (Å²) in [5.74, 6) is 0. The second-order valence-electron chi connectivity index (χ2n) is 0.406. The third-order valence-corrected chi connectivity index (χ3v) is 0.149. The molecule has 0 aromatic heterocycles. The van der Waals surface area contributed by atoms with E-state index in [1.54, 1.807) is 0 Å². The summed E-state index contributed by atoms with van der Waals surface area (Å²) in [7, 11) is 1.00. The molecule has 0 spiro atoms. The van der Waals surface area contributed by atoms with Gasteiger partial charge in [0, 0.05) is 19.5 Å². The molecule has 0 aromatic rings. The first-order valence-corrected chi connectivity index (χ1v) is 0.956. The van der Waals surface area contributed by atoms with E-state index in [0.29, 0.717) is 0 Å². The van der Waals surface area contributed by atoms with Gasteiger partial charge in [-0.05, 0) is 0 Å². The first kappa shape index (κ1) is 101. The van der Waals surface area contributed by atoms with Crippen molar-refractivity contribution >= 4 is 0 Å². The van der Waals surface area contributed by atoms with Crippen LogP contribution in [0.15, 0.2) is 0 Å². The van der Waals surface area contributed by atoms with Gasteiger partial charge < -0.3 is 37.7 Å². The van der Waals surface area contributed by atoms with Crippen LogP contribution in [0.2, 0.25) is 0 Å². The number of nitrogens with zero attached hydrogens (tertiary/aromatic N) is 1. The molecule has 0 bridgehead atoms. The van der Waals surface area contributed by atoms with E-state index in [0.717, 1.165) is 7.11 Å². The van der Waals surface area contributed by atoms with Crippen molar-refractivity contribution in [3.63, 3.8) is 0 Å². The average Bonchev–Trinajstić information content (AvgIpc) is 1.38. The van der Waals surface area contributed by atoms with Crippen molar-refractivity contribution in [3.05, 3.63) is 10.1 Å². The molecule has 11 heteroatoms. The minimum atomic E-state index is -0.875. The van der Waals surface area contributed by atoms with E-state index in [2.05, 4.69) is 4.84 Å². The van der Waals surface area contributed by atoms with Crippen LogP contribution in [0.5, 0.6) is 0 Å². The molecule has 0 amide bonds. The van der Waals surface area contributed by atoms with Gasteiger partial charge in [-0.2, -0.15) is 0 Å². The molecule has 0 saturated heterocycles. The van der Waals surface area contributed by atoms with Gasteiger partial charge >= 0.3 is 0 Å². The van der Waals surface area contributed by atoms with Crippen molar-refractivity contribution in [2.75, 3.05) is 7.11 Å². The van der Waals surface area contributed by atoms with E-state index in [9.17, 15) is 0 Å². The number of rotatable bonds is 1. The Morgan fingerprint density at radius 2 is 1.08 bits per heavy atom. The molecule has 80 valence electrons. The Kier molecular flexibility index (Phi) is 637. The summed E-state index contributed by atoms with van der Waals surface area (Å²) in [5.41, 5.74) is 0. The molecule has 0 unspecified atom stereocenters. The predicted molar refractivity (Wildman–Crippen MR) is 35.7 cm³/mol. The van der Waals surface area contributed by atoms with Crippen molar-refractivity contribution in [2.24, 2.45) is 0 Å². The smallest absolute Gasteiger partial charge is 0.294 e. The number of hydrogen-bond acceptors (Lipinski definition) is 3. The molecule has 0 radical (unpaired) electrons. The molecule has 12 heavy (non-hydrogen) atoms. The summed E-state index contributed by atoms with van der Waals surface area (Å²) >= 11 is 0. The Bertz CT molecular complexity index is 49.8. The molecule has 0 aliphatic rings. The summed E-state index contributed by atoms with van der Waals surface area (Å²) in [6.07, 6.45) is 0. The van der Waals surface area contributed by atoms with Crippen molar-refractivity contribution in [1.82, 2.24) is 0 Å². The summed E-state index contributed by atoms with van der Waals surface area (Å²) in [6, 6.07) is 0. The van der Waals surface area contributed by atoms with Gasteiger partial charge in [-0.15, -0.1) is 10.1 Å². The fourth-order valence-electron chi connectivity index (χ4n) is 0. The minimum Gasteiger partial charge on any atom is -0.412 e. The van der Waals surface area contributed by atoms with Gasteiger partial charge in [-0.25, -0.2) is 0 Å². The molecule has 0 rings (SSSR count). The topological polar surface area (TPSA) is 241 Å². The minimum absolute atomic E-state index is 0. The standard InChI is InChI=1S/CH3NO3.6H2O.Zn/c1-5-2(3)4;;;;;;;/h1H3;6*1H2;. The van der Waals surface area contributed by atoms with E-state index in [1.165, 1.54) is 0 Å². The van der Waals surface area contributed by atoms with Crippen LogP contribution in [0.1, 0.15) is 0 Å². The van der Waals surface area contributed by atoms with Crippen LogP contribution in [0.25, 0.3) is 0 Å². The fourth-order valence-corrected chi connectivity index (χ4v) is 0. The zero-order chi connectivity index (χ0) is 4.28. The SMILES string of the molecule is CO[N+](=O)[O-].O.O.O.O.O.O.[Zn]. The maximum absolute atomic E-state index is 8.95. The van der Waals surface area contributed by atoms with Crippen LogP contribution >= 0.6 is 0 Å². The van der Waals surface area contributed by atoms with Crippen LogP contribution < -0.4 is 0 Å². The van der Waals surface area contributed by atoms with Crippen LogP contribution in [0.4, 0.5) is 0 Å². The zero-order valence-electron chi connectivity index (χ0n) is 6.38. The second kappa shape index (κ2) is 75.7. The van der Waals surface area contributed by atoms with E-state index >= 15 is 0 Å². The molecular weight excluding hydrogens is 235 g/mol. The van der Waals surface area contributed by atoms with Crippen molar-refractivity contribution in [3.8, 4) is 0 Å². The second-order valence-corrected chi connectivity index (χ2v) is 0.406. The van der Waals surface area contributed by atoms with E-state index in [-0.39, 0.29) is 52.3 Å². The van der Waals surface area contributed by atoms with Crippen molar-refractivity contribution in [1.29, 1.82) is 0 Å². The Balaban J connectivity index is -0.00000000381. The molecule has 0 aliphatic heterocycles. The molecule has 0 saturated carbocycles. The summed E-state index contributed by atoms with van der Waals surface area (Å²) in [6.45, 7) is 0. The van der Waals surface area contributed by atoms with Gasteiger partial charge in [0.15, 0.2) is 0 Å². The zero-order valence-corrected chi connectivity index (χ0v) is 9.35. The Morgan fingerprint density at radius 1 is 1.00 bits per heavy atom. The van der Waals surface area contributed by atoms with E-state index < -0.39 is 5.09 Å². The van der Waals surface area contributed by atoms with Crippen LogP contribution in [0, 0.1) is 10.1 Å². The maximum atomic E-state index is 8.95. The third-order valence-electron chi connectivity index (χ3n) is 0.149. The van der Waals surface area contributed by atoms with E-state index in [1.807, 2.05) is 0 Å². The van der Waals surface area contributed by atoms with E-state index in [4.69, 9.17) is 10.1 Å². The van der Waals surface area contributed by atoms with Crippen molar-refractivity contribution in [2.45, 2.75) is 0 Å². The van der Waals surface area contributed by atoms with Crippen LogP contribution in [-0.4, -0.2) is 45.1 Å². The quantitative estimate of drug-likeness (QED) is 0.252. The summed E-state index contributed by atoms with van der Waals surface area (Å²) < 4.78 is 0. The molecule has 0 atom stereocenters. The molecule has 10 nitrogen and oxygen atoms in total. The van der Waals surface area contributed by atoms with Gasteiger partial charge in [0.25, 0.3) is 5.09 Å². The van der Waals surface area contributed by atoms with Crippen LogP contribution in [-0.2, 0) is 24.3 Å². The largest absolute Gasteiger partial charge is 0.412 e. The molecule has 0 heterocycles. The molecule has 0 aliphatic carbocycles. The van der Waals surface area contributed by atoms with Crippen molar-refractivity contribution < 1.29 is 62.3 Å². The van der Waals surface area contributed by atoms with Gasteiger partial charge in [-0.3, -0.25) is 0 Å². The Hall–Kier alpha value is -0.417. The van der Waals surface area contributed by atoms with Gasteiger partial charge in [-0.1, -0.05) is 0 Å². The predicted octanol–water partition coefficient (Wildman–Crippen LogP) is -5.13. The molecule has 0 fully saturated rings. The molecule has 12 N–H and O–H groups in total. The Morgan fingerprint density at radius 3 is 1.08 bits per heavy atom. The monoisotopic (exact) mass is 249 g/mol. The first-order chi connectivity index (χ1) is 2.27. The van der Waals surface area contributed by atoms with Gasteiger partial charge in [0.2, 0.25) is 0 Å². The third kappa shape index (κ3) is 282. The summed E-state index contributed by atoms with van der Waals surface area (Å²) in [4.78, 5) is 12.4. The molecular formula is CH15NO9Zn.